The molecule has 0 aliphatic carbocycles. The summed E-state index contributed by atoms with van der Waals surface area (Å²) >= 11 is 1.33. The topological polar surface area (TPSA) is 113 Å². The number of nitrogens with one attached hydrogen (secondary N) is 1. The second-order valence-corrected chi connectivity index (χ2v) is 6.92. The molecule has 0 saturated heterocycles. The number of hydrogen-bond donors (Lipinski definition) is 1. The highest BCUT2D eigenvalue weighted by Crippen LogP contribution is 2.22. The van der Waals surface area contributed by atoms with Crippen molar-refractivity contribution in [2.45, 2.75) is 19.9 Å². The maximum Gasteiger partial charge on any atom is 0.348 e. The summed E-state index contributed by atoms with van der Waals surface area (Å²) in [7, 11) is 0. The van der Waals surface area contributed by atoms with Crippen molar-refractivity contribution in [2.75, 3.05) is 0 Å². The molecule has 1 amide bonds. The number of hydrogen-bond acceptors (Lipinski definition) is 7. The molecule has 2 heterocycles. The van der Waals surface area contributed by atoms with Crippen LogP contribution in [0.5, 0.6) is 0 Å². The molecule has 0 aliphatic rings. The van der Waals surface area contributed by atoms with E-state index in [1.54, 1.807) is 32.0 Å². The van der Waals surface area contributed by atoms with E-state index in [0.29, 0.717) is 21.3 Å². The Labute approximate surface area is 163 Å². The molecule has 140 valence electrons. The largest absolute Gasteiger partial charge is 0.406 e. The number of benzene rings is 1. The van der Waals surface area contributed by atoms with Gasteiger partial charge in [0.25, 0.3) is 0 Å². The molecule has 0 spiro atoms. The van der Waals surface area contributed by atoms with Gasteiger partial charge >= 0.3 is 5.63 Å². The number of aromatic nitrogens is 1. The monoisotopic (exact) mass is 393 g/mol. The number of thiophene rings is 1. The number of aryl methyl sites for hydroxylation is 1. The molecule has 1 N–H and O–H groups in total. The molecule has 3 aromatic rings. The van der Waals surface area contributed by atoms with Gasteiger partial charge in [-0.3, -0.25) is 9.59 Å². The maximum atomic E-state index is 12.1. The van der Waals surface area contributed by atoms with Crippen molar-refractivity contribution in [2.24, 2.45) is 0 Å². The first-order valence-electron chi connectivity index (χ1n) is 8.31. The van der Waals surface area contributed by atoms with Crippen LogP contribution < -0.4 is 10.9 Å². The molecule has 0 bridgehead atoms. The standard InChI is InChI=1S/C20H15N3O4S/c1-11-10-28-19-17(11)20(26)27-18(23-19)12(2)22-16(25)7-6-15(24)14-5-3-4-13(8-14)9-21/h3-8,10,12H,1-2H3,(H,22,25)/b7-6+/t12-/m0/s1. The summed E-state index contributed by atoms with van der Waals surface area (Å²) in [6.45, 7) is 3.43. The second-order valence-electron chi connectivity index (χ2n) is 6.06. The van der Waals surface area contributed by atoms with Gasteiger partial charge in [0.1, 0.15) is 10.9 Å². The molecule has 7 nitrogen and oxygen atoms in total. The molecule has 0 saturated carbocycles. The minimum Gasteiger partial charge on any atom is -0.406 e. The van der Waals surface area contributed by atoms with Crippen LogP contribution in [-0.2, 0) is 4.79 Å². The quantitative estimate of drug-likeness (QED) is 0.526. The lowest BCUT2D eigenvalue weighted by atomic mass is 10.1. The molecular weight excluding hydrogens is 378 g/mol. The second kappa shape index (κ2) is 7.98. The lowest BCUT2D eigenvalue weighted by Gasteiger charge is -2.10. The smallest absolute Gasteiger partial charge is 0.348 e. The van der Waals surface area contributed by atoms with Crippen LogP contribution in [-0.4, -0.2) is 16.7 Å². The minimum absolute atomic E-state index is 0.0918. The van der Waals surface area contributed by atoms with Crippen molar-refractivity contribution in [3.8, 4) is 6.07 Å². The zero-order chi connectivity index (χ0) is 20.3. The number of nitrogens with zero attached hydrogens (tertiary/aromatic N) is 2. The fourth-order valence-electron chi connectivity index (χ4n) is 2.53. The number of nitriles is 1. The number of fused-ring (bicyclic) bond motifs is 1. The van der Waals surface area contributed by atoms with Crippen molar-refractivity contribution in [3.63, 3.8) is 0 Å². The molecule has 1 aromatic carbocycles. The first-order chi connectivity index (χ1) is 13.4. The van der Waals surface area contributed by atoms with E-state index in [0.717, 1.165) is 17.7 Å². The molecule has 0 fully saturated rings. The van der Waals surface area contributed by atoms with Gasteiger partial charge in [-0.15, -0.1) is 11.3 Å². The SMILES string of the molecule is Cc1csc2nc([C@H](C)NC(=O)/C=C/C(=O)c3cccc(C#N)c3)oc(=O)c12. The Morgan fingerprint density at radius 1 is 1.36 bits per heavy atom. The number of allylic oxidation sites excluding steroid dienone is 1. The molecular formula is C20H15N3O4S. The number of carbonyl (C=O) groups excluding carboxylic acids is 2. The molecule has 3 rings (SSSR count). The van der Waals surface area contributed by atoms with Gasteiger partial charge in [-0.05, 0) is 43.0 Å². The molecule has 0 aliphatic heterocycles. The van der Waals surface area contributed by atoms with E-state index in [-0.39, 0.29) is 5.89 Å². The van der Waals surface area contributed by atoms with Gasteiger partial charge in [0.15, 0.2) is 5.78 Å². The average molecular weight is 393 g/mol. The number of amides is 1. The Morgan fingerprint density at radius 3 is 2.89 bits per heavy atom. The van der Waals surface area contributed by atoms with Crippen LogP contribution in [0.1, 0.15) is 40.3 Å². The Kier molecular flexibility index (Phi) is 5.47. The molecule has 2 aromatic heterocycles. The third kappa shape index (κ3) is 4.05. The van der Waals surface area contributed by atoms with E-state index in [1.165, 1.54) is 17.4 Å². The summed E-state index contributed by atoms with van der Waals surface area (Å²) in [6.07, 6.45) is 2.21. The zero-order valence-corrected chi connectivity index (χ0v) is 15.9. The van der Waals surface area contributed by atoms with E-state index >= 15 is 0 Å². The predicted molar refractivity (Wildman–Crippen MR) is 104 cm³/mol. The van der Waals surface area contributed by atoms with Gasteiger partial charge in [0.2, 0.25) is 11.8 Å². The van der Waals surface area contributed by atoms with Crippen LogP contribution in [0.25, 0.3) is 10.2 Å². The maximum absolute atomic E-state index is 12.1. The van der Waals surface area contributed by atoms with E-state index in [4.69, 9.17) is 9.68 Å². The lowest BCUT2D eigenvalue weighted by molar-refractivity contribution is -0.117. The van der Waals surface area contributed by atoms with Crippen molar-refractivity contribution < 1.29 is 14.0 Å². The summed E-state index contributed by atoms with van der Waals surface area (Å²) in [5, 5.41) is 13.7. The summed E-state index contributed by atoms with van der Waals surface area (Å²) < 4.78 is 5.22. The van der Waals surface area contributed by atoms with Gasteiger partial charge in [-0.1, -0.05) is 12.1 Å². The number of rotatable bonds is 5. The lowest BCUT2D eigenvalue weighted by Crippen LogP contribution is -2.26. The Morgan fingerprint density at radius 2 is 2.14 bits per heavy atom. The van der Waals surface area contributed by atoms with Crippen molar-refractivity contribution in [3.05, 3.63) is 74.8 Å². The Hall–Kier alpha value is -3.57. The van der Waals surface area contributed by atoms with Crippen LogP contribution in [0.4, 0.5) is 0 Å². The highest BCUT2D eigenvalue weighted by Gasteiger charge is 2.17. The van der Waals surface area contributed by atoms with Gasteiger partial charge < -0.3 is 9.73 Å². The van der Waals surface area contributed by atoms with E-state index < -0.39 is 23.4 Å². The zero-order valence-electron chi connectivity index (χ0n) is 15.1. The Balaban J connectivity index is 1.70. The Bertz CT molecular complexity index is 1200. The molecule has 0 radical (unpaired) electrons. The van der Waals surface area contributed by atoms with Crippen LogP contribution in [0, 0.1) is 18.3 Å². The van der Waals surface area contributed by atoms with Crippen molar-refractivity contribution in [1.29, 1.82) is 5.26 Å². The van der Waals surface area contributed by atoms with Gasteiger partial charge in [0, 0.05) is 11.6 Å². The normalized spacial score (nSPS) is 12.0. The molecule has 8 heteroatoms. The predicted octanol–water partition coefficient (Wildman–Crippen LogP) is 3.05. The third-order valence-corrected chi connectivity index (χ3v) is 4.95. The summed E-state index contributed by atoms with van der Waals surface area (Å²) in [4.78, 5) is 41.1. The molecule has 0 unspecified atom stereocenters. The van der Waals surface area contributed by atoms with E-state index in [2.05, 4.69) is 10.3 Å². The van der Waals surface area contributed by atoms with Crippen LogP contribution >= 0.6 is 11.3 Å². The summed E-state index contributed by atoms with van der Waals surface area (Å²) in [5.74, 6) is -0.849. The number of ketones is 1. The highest BCUT2D eigenvalue weighted by molar-refractivity contribution is 7.16. The van der Waals surface area contributed by atoms with Crippen molar-refractivity contribution in [1.82, 2.24) is 10.3 Å². The fraction of sp³-hybridized carbons (Fsp3) is 0.150. The number of carbonyl (C=O) groups is 2. The highest BCUT2D eigenvalue weighted by atomic mass is 32.1. The summed E-state index contributed by atoms with van der Waals surface area (Å²) in [5.41, 5.74) is 0.967. The van der Waals surface area contributed by atoms with Crippen molar-refractivity contribution >= 4 is 33.2 Å². The van der Waals surface area contributed by atoms with Gasteiger partial charge in [-0.2, -0.15) is 5.26 Å². The third-order valence-electron chi connectivity index (χ3n) is 3.96. The van der Waals surface area contributed by atoms with Crippen LogP contribution in [0.2, 0.25) is 0 Å². The van der Waals surface area contributed by atoms with Crippen LogP contribution in [0.3, 0.4) is 0 Å². The van der Waals surface area contributed by atoms with Crippen LogP contribution in [0.15, 0.2) is 51.0 Å². The van der Waals surface area contributed by atoms with Gasteiger partial charge in [-0.25, -0.2) is 9.78 Å². The summed E-state index contributed by atoms with van der Waals surface area (Å²) in [6, 6.07) is 7.48. The fourth-order valence-corrected chi connectivity index (χ4v) is 3.44. The molecule has 1 atom stereocenters. The first kappa shape index (κ1) is 19.2. The first-order valence-corrected chi connectivity index (χ1v) is 9.19. The van der Waals surface area contributed by atoms with E-state index in [9.17, 15) is 14.4 Å². The average Bonchev–Trinajstić information content (AvgIpc) is 3.07. The van der Waals surface area contributed by atoms with Gasteiger partial charge in [0.05, 0.1) is 17.0 Å². The van der Waals surface area contributed by atoms with E-state index in [1.807, 2.05) is 11.4 Å². The molecule has 28 heavy (non-hydrogen) atoms. The minimum atomic E-state index is -0.659.